The lowest BCUT2D eigenvalue weighted by atomic mass is 9.44. The number of ether oxygens (including phenoxy) is 4. The van der Waals surface area contributed by atoms with Gasteiger partial charge >= 0.3 is 0 Å². The van der Waals surface area contributed by atoms with E-state index in [-0.39, 0.29) is 52.7 Å². The van der Waals surface area contributed by atoms with E-state index in [1.54, 1.807) is 0 Å². The Bertz CT molecular complexity index is 1110. The topological polar surface area (TPSA) is 138 Å². The SMILES string of the molecule is CC(C)[C@]1(C2C[C@@H](C)[C@H]3[C@H](C[C@H]4[C@@H]5C(=O)CC6C[C@@H](O[C@@H]7O[C@H](CO)[C@@H](O)[C@H](O)[C@H]7O)CC[C@]6(C)[C@H]5CC[C@]34C)O2)OC1C. The van der Waals surface area contributed by atoms with E-state index in [1.807, 2.05) is 0 Å². The Labute approximate surface area is 262 Å². The van der Waals surface area contributed by atoms with Gasteiger partial charge in [-0.15, -0.1) is 0 Å². The molecule has 7 aliphatic rings. The highest BCUT2D eigenvalue weighted by atomic mass is 16.7. The average Bonchev–Trinajstić information content (AvgIpc) is 3.57. The van der Waals surface area contributed by atoms with Gasteiger partial charge in [-0.25, -0.2) is 0 Å². The van der Waals surface area contributed by atoms with Crippen molar-refractivity contribution in [2.45, 2.75) is 154 Å². The quantitative estimate of drug-likeness (QED) is 0.270. The molecule has 18 atom stereocenters. The minimum absolute atomic E-state index is 0.0386. The third-order valence-corrected chi connectivity index (χ3v) is 14.6. The number of Topliss-reactive ketones (excluding diaryl/α,β-unsaturated/α-hetero) is 1. The molecule has 3 heterocycles. The average molecular weight is 621 g/mol. The molecule has 9 nitrogen and oxygen atoms in total. The second-order valence-corrected chi connectivity index (χ2v) is 16.8. The summed E-state index contributed by atoms with van der Waals surface area (Å²) in [6.07, 6.45) is 1.10. The van der Waals surface area contributed by atoms with Crippen molar-refractivity contribution in [1.29, 1.82) is 0 Å². The summed E-state index contributed by atoms with van der Waals surface area (Å²) in [4.78, 5) is 14.2. The molecule has 0 radical (unpaired) electrons. The van der Waals surface area contributed by atoms with Crippen LogP contribution in [0.5, 0.6) is 0 Å². The number of hydrogen-bond acceptors (Lipinski definition) is 9. The molecule has 44 heavy (non-hydrogen) atoms. The Hall–Kier alpha value is -0.650. The van der Waals surface area contributed by atoms with Gasteiger partial charge in [0.2, 0.25) is 0 Å². The molecule has 0 aromatic carbocycles. The fraction of sp³-hybridized carbons (Fsp3) is 0.971. The summed E-state index contributed by atoms with van der Waals surface area (Å²) in [6.45, 7) is 13.5. The van der Waals surface area contributed by atoms with Gasteiger partial charge in [0.1, 0.15) is 35.8 Å². The van der Waals surface area contributed by atoms with Gasteiger partial charge in [0.25, 0.3) is 0 Å². The van der Waals surface area contributed by atoms with Gasteiger partial charge in [-0.3, -0.25) is 4.79 Å². The first-order valence-corrected chi connectivity index (χ1v) is 17.6. The predicted molar refractivity (Wildman–Crippen MR) is 160 cm³/mol. The number of rotatable bonds is 5. The zero-order valence-electron chi connectivity index (χ0n) is 27.4. The lowest BCUT2D eigenvalue weighted by Crippen LogP contribution is -2.60. The molecule has 0 spiro atoms. The highest BCUT2D eigenvalue weighted by Crippen LogP contribution is 2.69. The molecule has 3 saturated heterocycles. The standard InChI is InChI=1S/C35H56O9/c1-16(2)35(18(4)44-35)26-11-17(3)28-24(42-26)14-22-27-21(8-10-34(22,28)6)33(5)9-7-20(12-19(33)13-23(27)37)41-32-31(40)30(39)29(38)25(15-36)43-32/h16-22,24-32,36,38-40H,7-15H2,1-6H3/t17-,18?,19?,20+,21+,22+,24+,25-,26?,27-,28+,29-,30+,31-,32-,33+,34+,35+/m1/s1. The van der Waals surface area contributed by atoms with Gasteiger partial charge in [0.05, 0.1) is 31.0 Å². The van der Waals surface area contributed by atoms with Crippen molar-refractivity contribution in [2.24, 2.45) is 52.3 Å². The van der Waals surface area contributed by atoms with E-state index in [0.717, 1.165) is 38.5 Å². The Kier molecular flexibility index (Phi) is 7.94. The molecule has 9 heteroatoms. The largest absolute Gasteiger partial charge is 0.394 e. The van der Waals surface area contributed by atoms with Crippen LogP contribution in [0.15, 0.2) is 0 Å². The fourth-order valence-electron chi connectivity index (χ4n) is 12.2. The van der Waals surface area contributed by atoms with Crippen LogP contribution in [0.2, 0.25) is 0 Å². The molecule has 4 saturated carbocycles. The molecular weight excluding hydrogens is 564 g/mol. The summed E-state index contributed by atoms with van der Waals surface area (Å²) in [5.74, 6) is 2.78. The number of carbonyl (C=O) groups excluding carboxylic acids is 1. The van der Waals surface area contributed by atoms with E-state index in [2.05, 4.69) is 41.5 Å². The smallest absolute Gasteiger partial charge is 0.186 e. The van der Waals surface area contributed by atoms with Crippen LogP contribution in [0.25, 0.3) is 0 Å². The molecule has 0 amide bonds. The Morgan fingerprint density at radius 1 is 0.932 bits per heavy atom. The first-order valence-electron chi connectivity index (χ1n) is 17.6. The summed E-state index contributed by atoms with van der Waals surface area (Å²) in [6, 6.07) is 0. The van der Waals surface area contributed by atoms with E-state index in [0.29, 0.717) is 48.2 Å². The summed E-state index contributed by atoms with van der Waals surface area (Å²) < 4.78 is 25.1. The third-order valence-electron chi connectivity index (χ3n) is 14.6. The third kappa shape index (κ3) is 4.50. The van der Waals surface area contributed by atoms with Crippen LogP contribution >= 0.6 is 0 Å². The van der Waals surface area contributed by atoms with Gasteiger partial charge in [0, 0.05) is 12.3 Å². The molecule has 0 aromatic rings. The molecule has 4 aliphatic carbocycles. The van der Waals surface area contributed by atoms with E-state index >= 15 is 0 Å². The van der Waals surface area contributed by atoms with Gasteiger partial charge in [-0.05, 0) is 98.2 Å². The van der Waals surface area contributed by atoms with Crippen molar-refractivity contribution < 1.29 is 44.2 Å². The Balaban J connectivity index is 1.06. The van der Waals surface area contributed by atoms with Crippen molar-refractivity contribution in [3.63, 3.8) is 0 Å². The van der Waals surface area contributed by atoms with Crippen molar-refractivity contribution >= 4 is 5.78 Å². The zero-order valence-corrected chi connectivity index (χ0v) is 27.4. The van der Waals surface area contributed by atoms with E-state index in [9.17, 15) is 25.2 Å². The van der Waals surface area contributed by atoms with E-state index in [4.69, 9.17) is 18.9 Å². The maximum Gasteiger partial charge on any atom is 0.186 e. The molecule has 0 bridgehead atoms. The number of epoxide rings is 1. The van der Waals surface area contributed by atoms with Crippen molar-refractivity contribution in [3.8, 4) is 0 Å². The van der Waals surface area contributed by atoms with Crippen LogP contribution in [-0.4, -0.2) is 93.5 Å². The lowest BCUT2D eigenvalue weighted by molar-refractivity contribution is -0.316. The van der Waals surface area contributed by atoms with Crippen LogP contribution in [0.4, 0.5) is 0 Å². The molecular formula is C35H56O9. The highest BCUT2D eigenvalue weighted by molar-refractivity contribution is 5.83. The second kappa shape index (κ2) is 10.9. The summed E-state index contributed by atoms with van der Waals surface area (Å²) >= 11 is 0. The van der Waals surface area contributed by atoms with Crippen LogP contribution in [0, 0.1) is 52.3 Å². The van der Waals surface area contributed by atoms with E-state index in [1.165, 1.54) is 0 Å². The Morgan fingerprint density at radius 3 is 2.30 bits per heavy atom. The van der Waals surface area contributed by atoms with E-state index < -0.39 is 37.3 Å². The first kappa shape index (κ1) is 31.9. The number of carbonyl (C=O) groups is 1. The number of fused-ring (bicyclic) bond motifs is 7. The van der Waals surface area contributed by atoms with Crippen molar-refractivity contribution in [1.82, 2.24) is 0 Å². The molecule has 3 aliphatic heterocycles. The Morgan fingerprint density at radius 2 is 1.64 bits per heavy atom. The normalized spacial score (nSPS) is 58.6. The van der Waals surface area contributed by atoms with Crippen LogP contribution < -0.4 is 0 Å². The minimum atomic E-state index is -1.46. The van der Waals surface area contributed by atoms with Crippen LogP contribution in [0.1, 0.15) is 92.9 Å². The summed E-state index contributed by atoms with van der Waals surface area (Å²) in [5.41, 5.74) is -0.0233. The molecule has 0 aromatic heterocycles. The number of aliphatic hydroxyl groups is 4. The van der Waals surface area contributed by atoms with Crippen molar-refractivity contribution in [2.75, 3.05) is 6.61 Å². The van der Waals surface area contributed by atoms with Gasteiger partial charge in [0.15, 0.2) is 6.29 Å². The fourth-order valence-corrected chi connectivity index (χ4v) is 12.2. The molecule has 250 valence electrons. The lowest BCUT2D eigenvalue weighted by Gasteiger charge is -2.60. The van der Waals surface area contributed by atoms with Gasteiger partial charge < -0.3 is 39.4 Å². The number of ketones is 1. The minimum Gasteiger partial charge on any atom is -0.394 e. The van der Waals surface area contributed by atoms with Crippen molar-refractivity contribution in [3.05, 3.63) is 0 Å². The summed E-state index contributed by atoms with van der Waals surface area (Å²) in [5, 5.41) is 40.5. The monoisotopic (exact) mass is 620 g/mol. The van der Waals surface area contributed by atoms with Gasteiger partial charge in [-0.1, -0.05) is 34.6 Å². The number of hydrogen-bond donors (Lipinski definition) is 4. The maximum absolute atomic E-state index is 14.2. The molecule has 7 rings (SSSR count). The second-order valence-electron chi connectivity index (χ2n) is 16.8. The van der Waals surface area contributed by atoms with Gasteiger partial charge in [-0.2, -0.15) is 0 Å². The predicted octanol–water partition coefficient (Wildman–Crippen LogP) is 3.23. The zero-order chi connectivity index (χ0) is 31.5. The first-order chi connectivity index (χ1) is 20.8. The highest BCUT2D eigenvalue weighted by Gasteiger charge is 2.69. The molecule has 4 N–H and O–H groups in total. The van der Waals surface area contributed by atoms with Crippen LogP contribution in [-0.2, 0) is 23.7 Å². The summed E-state index contributed by atoms with van der Waals surface area (Å²) in [7, 11) is 0. The maximum atomic E-state index is 14.2. The molecule has 7 fully saturated rings. The molecule has 3 unspecified atom stereocenters. The van der Waals surface area contributed by atoms with Crippen LogP contribution in [0.3, 0.4) is 0 Å². The number of aliphatic hydroxyl groups excluding tert-OH is 4.